The Kier molecular flexibility index (Phi) is 5.29. The van der Waals surface area contributed by atoms with Crippen LogP contribution in [0.25, 0.3) is 0 Å². The Balaban J connectivity index is 1.95. The molecule has 0 unspecified atom stereocenters. The van der Waals surface area contributed by atoms with E-state index >= 15 is 0 Å². The van der Waals surface area contributed by atoms with Gasteiger partial charge in [-0.1, -0.05) is 83.9 Å². The monoisotopic (exact) mass is 355 g/mol. The van der Waals surface area contributed by atoms with E-state index in [1.165, 1.54) is 0 Å². The lowest BCUT2D eigenvalue weighted by Gasteiger charge is -2.17. The van der Waals surface area contributed by atoms with Crippen LogP contribution in [0.5, 0.6) is 0 Å². The topological polar surface area (TPSA) is 30.0 Å². The third-order valence-electron chi connectivity index (χ3n) is 3.79. The number of carbonyl (C=O) groups excluding carboxylic acids is 1. The molecule has 0 saturated carbocycles. The van der Waals surface area contributed by atoms with Crippen molar-refractivity contribution < 1.29 is 4.79 Å². The van der Waals surface area contributed by atoms with Gasteiger partial charge in [-0.3, -0.25) is 4.79 Å². The smallest absolute Gasteiger partial charge is 0.149 e. The van der Waals surface area contributed by atoms with E-state index in [-0.39, 0.29) is 18.1 Å². The Morgan fingerprint density at radius 1 is 0.833 bits per heavy atom. The minimum atomic E-state index is -0.321. The molecular formula is C20H15Cl2NO. The van der Waals surface area contributed by atoms with Gasteiger partial charge in [0, 0.05) is 6.42 Å². The van der Waals surface area contributed by atoms with Crippen LogP contribution in [-0.4, -0.2) is 10.8 Å². The van der Waals surface area contributed by atoms with Crippen molar-refractivity contribution >= 4 is 29.0 Å². The van der Waals surface area contributed by atoms with E-state index in [0.717, 1.165) is 16.7 Å². The van der Waals surface area contributed by atoms with E-state index in [0.29, 0.717) is 10.3 Å². The second-order valence-corrected chi connectivity index (χ2v) is 6.29. The van der Waals surface area contributed by atoms with Crippen molar-refractivity contribution in [3.05, 3.63) is 99.8 Å². The summed E-state index contributed by atoms with van der Waals surface area (Å²) in [6.07, 6.45) is 0.246. The van der Waals surface area contributed by atoms with Gasteiger partial charge in [-0.15, -0.1) is 0 Å². The van der Waals surface area contributed by atoms with E-state index in [1.807, 2.05) is 60.7 Å². The lowest BCUT2D eigenvalue weighted by molar-refractivity contribution is -0.119. The molecule has 2 nitrogen and oxygen atoms in total. The first kappa shape index (κ1) is 16.7. The van der Waals surface area contributed by atoms with Crippen LogP contribution in [0, 0.1) is 0 Å². The van der Waals surface area contributed by atoms with Gasteiger partial charge in [-0.2, -0.15) is 0 Å². The maximum absolute atomic E-state index is 13.0. The molecule has 0 saturated heterocycles. The van der Waals surface area contributed by atoms with Crippen molar-refractivity contribution in [2.75, 3.05) is 0 Å². The average Bonchev–Trinajstić information content (AvgIpc) is 2.56. The van der Waals surface area contributed by atoms with Gasteiger partial charge in [0.2, 0.25) is 0 Å². The zero-order valence-corrected chi connectivity index (χ0v) is 14.3. The van der Waals surface area contributed by atoms with Crippen LogP contribution in [0.3, 0.4) is 0 Å². The van der Waals surface area contributed by atoms with Crippen molar-refractivity contribution in [3.63, 3.8) is 0 Å². The highest BCUT2D eigenvalue weighted by molar-refractivity contribution is 6.32. The number of aromatic nitrogens is 1. The number of carbonyl (C=O) groups is 1. The molecule has 0 spiro atoms. The first-order valence-corrected chi connectivity index (χ1v) is 8.33. The van der Waals surface area contributed by atoms with Crippen LogP contribution in [0.2, 0.25) is 10.3 Å². The molecule has 0 radical (unpaired) electrons. The summed E-state index contributed by atoms with van der Waals surface area (Å²) >= 11 is 11.9. The molecule has 0 aliphatic rings. The summed E-state index contributed by atoms with van der Waals surface area (Å²) < 4.78 is 0. The molecule has 0 aliphatic heterocycles. The summed E-state index contributed by atoms with van der Waals surface area (Å²) in [7, 11) is 0. The fourth-order valence-corrected chi connectivity index (χ4v) is 3.28. The average molecular weight is 356 g/mol. The number of pyridine rings is 1. The molecule has 2 aromatic carbocycles. The molecule has 1 heterocycles. The van der Waals surface area contributed by atoms with E-state index < -0.39 is 0 Å². The predicted octanol–water partition coefficient (Wildman–Crippen LogP) is 5.33. The van der Waals surface area contributed by atoms with Crippen molar-refractivity contribution in [1.82, 2.24) is 4.98 Å². The first-order chi connectivity index (χ1) is 11.6. The molecule has 120 valence electrons. The first-order valence-electron chi connectivity index (χ1n) is 7.58. The number of rotatable bonds is 5. The van der Waals surface area contributed by atoms with Crippen LogP contribution in [-0.2, 0) is 11.2 Å². The van der Waals surface area contributed by atoms with Crippen LogP contribution in [0.1, 0.15) is 22.6 Å². The van der Waals surface area contributed by atoms with E-state index in [1.54, 1.807) is 12.1 Å². The second-order valence-electron chi connectivity index (χ2n) is 5.52. The van der Waals surface area contributed by atoms with Crippen LogP contribution < -0.4 is 0 Å². The highest BCUT2D eigenvalue weighted by atomic mass is 35.5. The molecule has 3 aromatic rings. The maximum Gasteiger partial charge on any atom is 0.149 e. The van der Waals surface area contributed by atoms with Crippen molar-refractivity contribution in [3.8, 4) is 0 Å². The summed E-state index contributed by atoms with van der Waals surface area (Å²) in [6.45, 7) is 0. The maximum atomic E-state index is 13.0. The predicted molar refractivity (Wildman–Crippen MR) is 97.7 cm³/mol. The van der Waals surface area contributed by atoms with Crippen molar-refractivity contribution in [2.24, 2.45) is 0 Å². The summed E-state index contributed by atoms with van der Waals surface area (Å²) in [4.78, 5) is 17.0. The molecule has 3 rings (SSSR count). The van der Waals surface area contributed by atoms with Gasteiger partial charge in [-0.25, -0.2) is 4.98 Å². The molecule has 0 N–H and O–H groups in total. The highest BCUT2D eigenvalue weighted by Crippen LogP contribution is 2.27. The lowest BCUT2D eigenvalue weighted by atomic mass is 9.85. The molecule has 0 bridgehead atoms. The van der Waals surface area contributed by atoms with E-state index in [9.17, 15) is 4.79 Å². The number of hydrogen-bond donors (Lipinski definition) is 0. The Morgan fingerprint density at radius 2 is 1.29 bits per heavy atom. The molecule has 24 heavy (non-hydrogen) atoms. The number of nitrogens with zero attached hydrogens (tertiary/aromatic N) is 1. The van der Waals surface area contributed by atoms with Gasteiger partial charge in [0.15, 0.2) is 0 Å². The van der Waals surface area contributed by atoms with E-state index in [2.05, 4.69) is 4.98 Å². The van der Waals surface area contributed by atoms with Crippen LogP contribution in [0.4, 0.5) is 0 Å². The Labute approximate surface area is 151 Å². The largest absolute Gasteiger partial charge is 0.298 e. The minimum Gasteiger partial charge on any atom is -0.298 e. The third-order valence-corrected chi connectivity index (χ3v) is 4.18. The Bertz CT molecular complexity index is 775. The fourth-order valence-electron chi connectivity index (χ4n) is 2.77. The molecule has 4 heteroatoms. The minimum absolute atomic E-state index is 0.0886. The normalized spacial score (nSPS) is 10.8. The zero-order chi connectivity index (χ0) is 16.9. The second kappa shape index (κ2) is 7.61. The van der Waals surface area contributed by atoms with Gasteiger partial charge >= 0.3 is 0 Å². The van der Waals surface area contributed by atoms with Gasteiger partial charge in [-0.05, 0) is 28.8 Å². The molecule has 1 aromatic heterocycles. The Morgan fingerprint density at radius 3 is 1.75 bits per heavy atom. The van der Waals surface area contributed by atoms with Crippen LogP contribution >= 0.6 is 23.2 Å². The summed E-state index contributed by atoms with van der Waals surface area (Å²) in [5.41, 5.74) is 2.71. The van der Waals surface area contributed by atoms with Gasteiger partial charge in [0.25, 0.3) is 0 Å². The van der Waals surface area contributed by atoms with E-state index in [4.69, 9.17) is 23.2 Å². The van der Waals surface area contributed by atoms with Gasteiger partial charge < -0.3 is 0 Å². The third kappa shape index (κ3) is 4.02. The van der Waals surface area contributed by atoms with Gasteiger partial charge in [0.1, 0.15) is 16.1 Å². The van der Waals surface area contributed by atoms with Crippen LogP contribution in [0.15, 0.2) is 72.8 Å². The Hall–Kier alpha value is -2.16. The number of benzene rings is 2. The molecule has 0 amide bonds. The molecular weight excluding hydrogens is 341 g/mol. The lowest BCUT2D eigenvalue weighted by Crippen LogP contribution is -2.16. The highest BCUT2D eigenvalue weighted by Gasteiger charge is 2.22. The molecule has 0 atom stereocenters. The number of ketones is 1. The quantitative estimate of drug-likeness (QED) is 0.578. The summed E-state index contributed by atoms with van der Waals surface area (Å²) in [6, 6.07) is 22.9. The molecule has 0 fully saturated rings. The number of Topliss-reactive ketones (excluding diaryl/α,β-unsaturated/α-hetero) is 1. The van der Waals surface area contributed by atoms with Gasteiger partial charge in [0.05, 0.1) is 5.92 Å². The number of halogens is 2. The summed E-state index contributed by atoms with van der Waals surface area (Å²) in [5.74, 6) is -0.233. The fraction of sp³-hybridized carbons (Fsp3) is 0.100. The summed E-state index contributed by atoms with van der Waals surface area (Å²) in [5, 5.41) is 0.586. The SMILES string of the molecule is O=C(Cc1cc(Cl)nc(Cl)c1)C(c1ccccc1)c1ccccc1. The van der Waals surface area contributed by atoms with Crippen molar-refractivity contribution in [2.45, 2.75) is 12.3 Å². The van der Waals surface area contributed by atoms with Crippen molar-refractivity contribution in [1.29, 1.82) is 0 Å². The number of hydrogen-bond acceptors (Lipinski definition) is 2. The zero-order valence-electron chi connectivity index (χ0n) is 12.8. The standard InChI is InChI=1S/C20H15Cl2NO/c21-18-12-14(13-19(22)23-18)11-17(24)20(15-7-3-1-4-8-15)16-9-5-2-6-10-16/h1-10,12-13,20H,11H2. The molecule has 0 aliphatic carbocycles.